The maximum atomic E-state index is 3.88. The molecule has 1 aliphatic heterocycles. The minimum Gasteiger partial charge on any atom is -0.354 e. The lowest BCUT2D eigenvalue weighted by atomic mass is 9.93. The molecule has 1 aliphatic rings. The van der Waals surface area contributed by atoms with Gasteiger partial charge in [0.05, 0.1) is 16.7 Å². The van der Waals surface area contributed by atoms with E-state index < -0.39 is 0 Å². The smallest absolute Gasteiger partial charge is 0.0619 e. The Hall–Kier alpha value is -6.90. The molecule has 0 unspecified atom stereocenters. The summed E-state index contributed by atoms with van der Waals surface area (Å²) in [5, 5.41) is 11.4. The highest BCUT2D eigenvalue weighted by Crippen LogP contribution is 2.47. The zero-order valence-electron chi connectivity index (χ0n) is 28.3. The number of nitrogens with one attached hydrogen (secondary N) is 1. The Labute approximate surface area is 301 Å². The number of benzene rings is 9. The summed E-state index contributed by atoms with van der Waals surface area (Å²) in [7, 11) is 0. The Morgan fingerprint density at radius 2 is 0.962 bits per heavy atom. The van der Waals surface area contributed by atoms with Crippen LogP contribution in [0.4, 0.5) is 11.4 Å². The van der Waals surface area contributed by atoms with Crippen LogP contribution in [0.1, 0.15) is 0 Å². The van der Waals surface area contributed by atoms with Crippen LogP contribution in [0.15, 0.2) is 188 Å². The van der Waals surface area contributed by atoms with Gasteiger partial charge in [0.2, 0.25) is 0 Å². The second-order valence-electron chi connectivity index (χ2n) is 13.8. The summed E-state index contributed by atoms with van der Waals surface area (Å²) in [5.74, 6) is 0. The van der Waals surface area contributed by atoms with E-state index in [4.69, 9.17) is 0 Å². The number of aromatic nitrogens is 1. The van der Waals surface area contributed by atoms with Gasteiger partial charge in [0.25, 0.3) is 0 Å². The van der Waals surface area contributed by atoms with Crippen LogP contribution < -0.4 is 5.32 Å². The van der Waals surface area contributed by atoms with Gasteiger partial charge in [-0.25, -0.2) is 0 Å². The quantitative estimate of drug-likeness (QED) is 0.186. The highest BCUT2D eigenvalue weighted by molar-refractivity contribution is 6.17. The van der Waals surface area contributed by atoms with Gasteiger partial charge in [-0.15, -0.1) is 0 Å². The molecular formula is C50H32N2. The van der Waals surface area contributed by atoms with E-state index in [9.17, 15) is 0 Å². The van der Waals surface area contributed by atoms with Crippen LogP contribution in [0.5, 0.6) is 0 Å². The van der Waals surface area contributed by atoms with Gasteiger partial charge in [-0.1, -0.05) is 152 Å². The lowest BCUT2D eigenvalue weighted by Gasteiger charge is -2.17. The largest absolute Gasteiger partial charge is 0.354 e. The predicted molar refractivity (Wildman–Crippen MR) is 221 cm³/mol. The van der Waals surface area contributed by atoms with Crippen molar-refractivity contribution in [3.8, 4) is 50.2 Å². The predicted octanol–water partition coefficient (Wildman–Crippen LogP) is 13.8. The van der Waals surface area contributed by atoms with Crippen LogP contribution in [0.3, 0.4) is 0 Å². The molecule has 0 aliphatic carbocycles. The summed E-state index contributed by atoms with van der Waals surface area (Å²) < 4.78 is 2.48. The van der Waals surface area contributed by atoms with Gasteiger partial charge in [-0.3, -0.25) is 0 Å². The molecule has 0 radical (unpaired) electrons. The fourth-order valence-corrected chi connectivity index (χ4v) is 8.56. The average molecular weight is 661 g/mol. The molecular weight excluding hydrogens is 629 g/mol. The monoisotopic (exact) mass is 660 g/mol. The van der Waals surface area contributed by atoms with Gasteiger partial charge in [-0.2, -0.15) is 0 Å². The van der Waals surface area contributed by atoms with Gasteiger partial charge in [0.15, 0.2) is 0 Å². The van der Waals surface area contributed by atoms with Crippen molar-refractivity contribution in [3.63, 3.8) is 0 Å². The van der Waals surface area contributed by atoms with Crippen LogP contribution in [0, 0.1) is 0 Å². The molecule has 0 atom stereocenters. The van der Waals surface area contributed by atoms with Crippen molar-refractivity contribution in [3.05, 3.63) is 188 Å². The maximum Gasteiger partial charge on any atom is 0.0619 e. The maximum absolute atomic E-state index is 3.88. The summed E-state index contributed by atoms with van der Waals surface area (Å²) in [6.45, 7) is 0. The van der Waals surface area contributed by atoms with Crippen LogP contribution in [-0.4, -0.2) is 4.57 Å². The van der Waals surface area contributed by atoms with E-state index >= 15 is 0 Å². The molecule has 1 N–H and O–H groups in total. The standard InChI is InChI=1S/C50H32N2/c1-2-13-32(14-3-1)44-29-33(25-27-46(44)51-47-31-35-15-4-5-16-36(35)37-17-8-9-20-40(37)47)34-26-28-49-45(30-34)43-23-12-22-42-39-19-7-6-18-38(39)41-21-10-11-24-48(41)52(49)50(42)43/h1-31,51H. The van der Waals surface area contributed by atoms with Crippen molar-refractivity contribution < 1.29 is 0 Å². The number of rotatable bonds is 4. The van der Waals surface area contributed by atoms with Gasteiger partial charge in [0.1, 0.15) is 0 Å². The average Bonchev–Trinajstić information content (AvgIpc) is 3.48. The Morgan fingerprint density at radius 3 is 1.83 bits per heavy atom. The zero-order chi connectivity index (χ0) is 34.2. The van der Waals surface area contributed by atoms with E-state index in [1.807, 2.05) is 0 Å². The first-order chi connectivity index (χ1) is 25.8. The molecule has 1 aromatic heterocycles. The molecule has 0 bridgehead atoms. The first-order valence-corrected chi connectivity index (χ1v) is 17.9. The number of anilines is 2. The highest BCUT2D eigenvalue weighted by atomic mass is 15.0. The van der Waals surface area contributed by atoms with Crippen LogP contribution in [0.2, 0.25) is 0 Å². The molecule has 11 rings (SSSR count). The SMILES string of the molecule is c1ccc(-c2cc(-c3ccc4c(c3)c3cccc5c3n4-c3ccccc3-c3ccccc3-5)ccc2Nc2cc3ccccc3c3ccccc23)cc1. The van der Waals surface area contributed by atoms with Crippen molar-refractivity contribution >= 4 is 54.7 Å². The first kappa shape index (κ1) is 28.9. The van der Waals surface area contributed by atoms with Crippen LogP contribution in [-0.2, 0) is 0 Å². The molecule has 2 heterocycles. The molecule has 0 saturated carbocycles. The van der Waals surface area contributed by atoms with E-state index in [2.05, 4.69) is 198 Å². The lowest BCUT2D eigenvalue weighted by Crippen LogP contribution is -1.96. The third-order valence-electron chi connectivity index (χ3n) is 10.9. The van der Waals surface area contributed by atoms with Crippen LogP contribution >= 0.6 is 0 Å². The summed E-state index contributed by atoms with van der Waals surface area (Å²) in [6, 6.07) is 68.6. The van der Waals surface area contributed by atoms with Gasteiger partial charge < -0.3 is 9.88 Å². The van der Waals surface area contributed by atoms with Crippen molar-refractivity contribution in [2.24, 2.45) is 0 Å². The van der Waals surface area contributed by atoms with Crippen molar-refractivity contribution in [2.75, 3.05) is 5.32 Å². The third-order valence-corrected chi connectivity index (χ3v) is 10.9. The van der Waals surface area contributed by atoms with Crippen molar-refractivity contribution in [2.45, 2.75) is 0 Å². The Morgan fingerprint density at radius 1 is 0.327 bits per heavy atom. The molecule has 0 amide bonds. The molecule has 0 fully saturated rings. The first-order valence-electron chi connectivity index (χ1n) is 17.9. The second kappa shape index (κ2) is 11.3. The summed E-state index contributed by atoms with van der Waals surface area (Å²) >= 11 is 0. The molecule has 9 aromatic carbocycles. The third kappa shape index (κ3) is 4.31. The van der Waals surface area contributed by atoms with E-state index in [-0.39, 0.29) is 0 Å². The summed E-state index contributed by atoms with van der Waals surface area (Å²) in [6.07, 6.45) is 0. The molecule has 242 valence electrons. The normalized spacial score (nSPS) is 11.8. The van der Waals surface area contributed by atoms with Gasteiger partial charge in [0, 0.05) is 44.2 Å². The second-order valence-corrected chi connectivity index (χ2v) is 13.8. The van der Waals surface area contributed by atoms with E-state index in [0.717, 1.165) is 11.4 Å². The van der Waals surface area contributed by atoms with Crippen LogP contribution in [0.25, 0.3) is 93.5 Å². The molecule has 0 spiro atoms. The minimum absolute atomic E-state index is 1.08. The summed E-state index contributed by atoms with van der Waals surface area (Å²) in [4.78, 5) is 0. The van der Waals surface area contributed by atoms with E-state index in [1.54, 1.807) is 0 Å². The number of hydrogen-bond acceptors (Lipinski definition) is 1. The van der Waals surface area contributed by atoms with Crippen molar-refractivity contribution in [1.82, 2.24) is 4.57 Å². The number of para-hydroxylation sites is 2. The summed E-state index contributed by atoms with van der Waals surface area (Å²) in [5.41, 5.74) is 15.7. The Balaban J connectivity index is 1.10. The van der Waals surface area contributed by atoms with E-state index in [1.165, 1.54) is 93.5 Å². The Bertz CT molecular complexity index is 3040. The molecule has 0 saturated heterocycles. The number of nitrogens with zero attached hydrogens (tertiary/aromatic N) is 1. The minimum atomic E-state index is 1.08. The Kier molecular flexibility index (Phi) is 6.28. The fraction of sp³-hybridized carbons (Fsp3) is 0. The molecule has 2 heteroatoms. The van der Waals surface area contributed by atoms with E-state index in [0.29, 0.717) is 0 Å². The molecule has 10 aromatic rings. The number of hydrogen-bond donors (Lipinski definition) is 1. The fourth-order valence-electron chi connectivity index (χ4n) is 8.56. The van der Waals surface area contributed by atoms with Crippen molar-refractivity contribution in [1.29, 1.82) is 0 Å². The zero-order valence-corrected chi connectivity index (χ0v) is 28.3. The van der Waals surface area contributed by atoms with Gasteiger partial charge in [-0.05, 0) is 80.4 Å². The molecule has 2 nitrogen and oxygen atoms in total. The molecule has 52 heavy (non-hydrogen) atoms. The topological polar surface area (TPSA) is 17.0 Å². The lowest BCUT2D eigenvalue weighted by molar-refractivity contribution is 1.19. The van der Waals surface area contributed by atoms with Gasteiger partial charge >= 0.3 is 0 Å². The number of fused-ring (bicyclic) bond motifs is 11. The highest BCUT2D eigenvalue weighted by Gasteiger charge is 2.24.